The third-order valence-corrected chi connectivity index (χ3v) is 17.1. The zero-order chi connectivity index (χ0) is 54.5. The Morgan fingerprint density at radius 2 is 1.23 bits per heavy atom. The molecule has 8 aromatic rings. The van der Waals surface area contributed by atoms with E-state index in [0.717, 1.165) is 116 Å². The Bertz CT molecular complexity index is 3140. The van der Waals surface area contributed by atoms with Crippen LogP contribution in [0, 0.1) is 0 Å². The number of halogens is 3. The van der Waals surface area contributed by atoms with Crippen LogP contribution in [-0.4, -0.2) is 148 Å². The fourth-order valence-corrected chi connectivity index (χ4v) is 11.4. The summed E-state index contributed by atoms with van der Waals surface area (Å²) in [4.78, 5) is 32.0. The number of nitrogens with one attached hydrogen (secondary N) is 1. The van der Waals surface area contributed by atoms with Crippen LogP contribution in [0.2, 0.25) is 35.7 Å². The summed E-state index contributed by atoms with van der Waals surface area (Å²) >= 11 is 16.0. The van der Waals surface area contributed by atoms with Gasteiger partial charge in [-0.15, -0.1) is 0 Å². The van der Waals surface area contributed by atoms with E-state index >= 15 is 0 Å². The molecule has 6 heterocycles. The summed E-state index contributed by atoms with van der Waals surface area (Å²) in [5.41, 5.74) is 16.7. The summed E-state index contributed by atoms with van der Waals surface area (Å²) in [6.45, 7) is 29.9. The largest absolute Gasteiger partial charge is 0.361 e. The van der Waals surface area contributed by atoms with Gasteiger partial charge in [0.2, 0.25) is 0 Å². The molecule has 3 N–H and O–H groups in total. The second-order valence-corrected chi connectivity index (χ2v) is 29.5. The molecule has 0 bridgehead atoms. The Morgan fingerprint density at radius 3 is 1.87 bits per heavy atom. The highest BCUT2D eigenvalue weighted by molar-refractivity contribution is 9.10. The minimum atomic E-state index is -1.14. The monoisotopic (exact) mass is 1160 g/mol. The summed E-state index contributed by atoms with van der Waals surface area (Å²) in [6.07, 6.45) is 9.65. The van der Waals surface area contributed by atoms with Gasteiger partial charge in [0.25, 0.3) is 0 Å². The van der Waals surface area contributed by atoms with E-state index in [1.807, 2.05) is 67.3 Å². The molecule has 16 heteroatoms. The molecule has 0 atom stereocenters. The normalized spacial score (nSPS) is 15.0. The van der Waals surface area contributed by atoms with E-state index in [1.54, 1.807) is 6.33 Å². The average molecular weight is 1160 g/mol. The van der Waals surface area contributed by atoms with Gasteiger partial charge in [-0.05, 0) is 135 Å². The molecule has 10 rings (SSSR count). The molecular weight excluding hydrogens is 1080 g/mol. The van der Waals surface area contributed by atoms with E-state index in [1.165, 1.54) is 57.9 Å². The molecule has 2 fully saturated rings. The van der Waals surface area contributed by atoms with Crippen molar-refractivity contribution in [3.05, 3.63) is 142 Å². The van der Waals surface area contributed by atoms with Crippen molar-refractivity contribution in [1.29, 1.82) is 0 Å². The molecule has 4 aromatic carbocycles. The molecule has 408 valence electrons. The minimum Gasteiger partial charge on any atom is -0.361 e. The van der Waals surface area contributed by atoms with Gasteiger partial charge in [0, 0.05) is 152 Å². The topological polar surface area (TPSA) is 120 Å². The predicted octanol–water partition coefficient (Wildman–Crippen LogP) is 13.4. The highest BCUT2D eigenvalue weighted by Crippen LogP contribution is 2.35. The van der Waals surface area contributed by atoms with E-state index in [0.29, 0.717) is 28.9 Å². The Morgan fingerprint density at radius 1 is 0.649 bits per heavy atom. The quantitative estimate of drug-likeness (QED) is 0.0673. The molecular formula is C61H78BrCl2N11OSi. The number of aryl methyl sites for hydroxylation is 1. The third-order valence-electron chi connectivity index (χ3n) is 14.5. The number of imidazole rings is 2. The number of aromatic amines is 1. The zero-order valence-electron chi connectivity index (χ0n) is 46.2. The Hall–Kier alpha value is -4.84. The molecule has 2 aliphatic heterocycles. The van der Waals surface area contributed by atoms with Gasteiger partial charge in [-0.3, -0.25) is 24.7 Å². The van der Waals surface area contributed by atoms with Gasteiger partial charge >= 0.3 is 0 Å². The fraction of sp³-hybridized carbons (Fsp3) is 0.410. The van der Waals surface area contributed by atoms with Crippen molar-refractivity contribution in [1.82, 2.24) is 49.1 Å². The second kappa shape index (κ2) is 27.8. The maximum atomic E-state index is 6.32. The van der Waals surface area contributed by atoms with Gasteiger partial charge in [-0.25, -0.2) is 9.97 Å². The third kappa shape index (κ3) is 16.6. The molecule has 0 spiro atoms. The van der Waals surface area contributed by atoms with Gasteiger partial charge in [0.05, 0.1) is 46.5 Å². The molecule has 77 heavy (non-hydrogen) atoms. The summed E-state index contributed by atoms with van der Waals surface area (Å²) in [7, 11) is -1.14. The molecule has 0 amide bonds. The van der Waals surface area contributed by atoms with Gasteiger partial charge in [0.1, 0.15) is 6.73 Å². The number of ether oxygens (including phenoxy) is 1. The van der Waals surface area contributed by atoms with E-state index in [9.17, 15) is 0 Å². The maximum absolute atomic E-state index is 6.32. The number of hydrogen-bond donors (Lipinski definition) is 2. The summed E-state index contributed by atoms with van der Waals surface area (Å²) in [6, 6.07) is 35.2. The first kappa shape index (κ1) is 58.3. The van der Waals surface area contributed by atoms with Crippen LogP contribution in [0.5, 0.6) is 0 Å². The lowest BCUT2D eigenvalue weighted by molar-refractivity contribution is 0.0882. The molecule has 0 saturated carbocycles. The Labute approximate surface area is 476 Å². The van der Waals surface area contributed by atoms with E-state index in [2.05, 4.69) is 151 Å². The van der Waals surface area contributed by atoms with Crippen LogP contribution in [0.25, 0.3) is 66.8 Å². The standard InChI is InChI=1S/C28H32ClN5.C24H25BrClN3OSi.C9H21N3/c1-20(2)34-13-11-33(12-14-34)10-4-5-21-15-24-16-23(8-9-26(24)30-18-21)28-27(31-19-32-28)22-6-3-7-25(29)17-22;1-31(2,3)10-9-30-16-29-15-28-23(24(29)18-5-4-6-21(26)13-18)17-7-8-22-19(11-17)12-20(25)14-27-22;1-9(2)12-7-5-11(4-3-10)6-8-12/h3,6-9,15-20H,4-5,10-14H2,1-2H3,(H,31,32);4-8,11-15H,9-10,16H2,1-3H3;9H,3-8,10H2,1-2H3. The molecule has 0 unspecified atom stereocenters. The van der Waals surface area contributed by atoms with Crippen LogP contribution in [0.3, 0.4) is 0 Å². The van der Waals surface area contributed by atoms with Crippen LogP contribution in [0.1, 0.15) is 39.7 Å². The average Bonchev–Trinajstić information content (AvgIpc) is 4.14. The highest BCUT2D eigenvalue weighted by Gasteiger charge is 2.21. The smallest absolute Gasteiger partial charge is 0.124 e. The molecule has 4 aromatic heterocycles. The van der Waals surface area contributed by atoms with Crippen molar-refractivity contribution in [3.63, 3.8) is 0 Å². The number of nitrogens with zero attached hydrogens (tertiary/aromatic N) is 9. The van der Waals surface area contributed by atoms with Crippen molar-refractivity contribution >= 4 is 69.0 Å². The summed E-state index contributed by atoms with van der Waals surface area (Å²) in [5.74, 6) is 0. The first-order valence-electron chi connectivity index (χ1n) is 27.4. The Kier molecular flexibility index (Phi) is 21.1. The number of benzene rings is 4. The number of rotatable bonds is 17. The van der Waals surface area contributed by atoms with Gasteiger partial charge in [-0.1, -0.05) is 79.2 Å². The number of fused-ring (bicyclic) bond motifs is 2. The Balaban J connectivity index is 0.000000169. The first-order valence-corrected chi connectivity index (χ1v) is 32.6. The lowest BCUT2D eigenvalue weighted by atomic mass is 10.0. The molecule has 2 aliphatic rings. The van der Waals surface area contributed by atoms with Gasteiger partial charge in [0.15, 0.2) is 0 Å². The van der Waals surface area contributed by atoms with Crippen molar-refractivity contribution in [2.24, 2.45) is 5.73 Å². The molecule has 0 aliphatic carbocycles. The number of H-pyrrole nitrogens is 1. The highest BCUT2D eigenvalue weighted by atomic mass is 79.9. The summed E-state index contributed by atoms with van der Waals surface area (Å²) in [5, 5.41) is 3.63. The van der Waals surface area contributed by atoms with Crippen LogP contribution in [-0.2, 0) is 17.9 Å². The lowest BCUT2D eigenvalue weighted by Gasteiger charge is -2.36. The van der Waals surface area contributed by atoms with Gasteiger partial charge in [-0.2, -0.15) is 0 Å². The molecule has 2 saturated heterocycles. The van der Waals surface area contributed by atoms with Crippen molar-refractivity contribution < 1.29 is 4.74 Å². The maximum Gasteiger partial charge on any atom is 0.124 e. The predicted molar refractivity (Wildman–Crippen MR) is 329 cm³/mol. The van der Waals surface area contributed by atoms with Crippen molar-refractivity contribution in [2.75, 3.05) is 78.6 Å². The zero-order valence-corrected chi connectivity index (χ0v) is 50.3. The lowest BCUT2D eigenvalue weighted by Crippen LogP contribution is -2.49. The van der Waals surface area contributed by atoms with Crippen molar-refractivity contribution in [3.8, 4) is 45.0 Å². The van der Waals surface area contributed by atoms with E-state index in [-0.39, 0.29) is 0 Å². The number of piperazine rings is 2. The van der Waals surface area contributed by atoms with E-state index < -0.39 is 8.07 Å². The van der Waals surface area contributed by atoms with Gasteiger partial charge < -0.3 is 24.9 Å². The number of pyridine rings is 2. The van der Waals surface area contributed by atoms with Crippen LogP contribution >= 0.6 is 39.1 Å². The second-order valence-electron chi connectivity index (χ2n) is 22.1. The van der Waals surface area contributed by atoms with Crippen LogP contribution in [0.4, 0.5) is 0 Å². The summed E-state index contributed by atoms with van der Waals surface area (Å²) < 4.78 is 9.05. The minimum absolute atomic E-state index is 0.458. The van der Waals surface area contributed by atoms with Crippen LogP contribution in [0.15, 0.2) is 127 Å². The molecule has 0 radical (unpaired) electrons. The fourth-order valence-electron chi connectivity index (χ4n) is 9.96. The number of aromatic nitrogens is 6. The number of nitrogens with two attached hydrogens (primary N) is 1. The van der Waals surface area contributed by atoms with E-state index in [4.69, 9.17) is 43.6 Å². The SMILES string of the molecule is CC(C)N1CCN(CCCc2cnc3ccc(-c4[nH]cnc4-c4cccc(Cl)c4)cc3c2)CC1.CC(C)N1CCN(CCN)CC1.C[Si](C)(C)CCOCn1cnc(-c2ccc3ncc(Br)cc3c2)c1-c1cccc(Cl)c1. The molecule has 12 nitrogen and oxygen atoms in total. The number of hydrogen-bond acceptors (Lipinski definition) is 10. The van der Waals surface area contributed by atoms with Crippen LogP contribution < -0.4 is 5.73 Å². The van der Waals surface area contributed by atoms with Crippen molar-refractivity contribution in [2.45, 2.75) is 85.0 Å². The first-order chi connectivity index (χ1) is 37.1.